The van der Waals surface area contributed by atoms with E-state index in [0.717, 1.165) is 6.07 Å². The fourth-order valence-electron chi connectivity index (χ4n) is 2.06. The molecule has 0 saturated carbocycles. The van der Waals surface area contributed by atoms with E-state index in [0.29, 0.717) is 16.4 Å². The molecule has 0 amide bonds. The first-order valence-electron chi connectivity index (χ1n) is 6.56. The summed E-state index contributed by atoms with van der Waals surface area (Å²) < 4.78 is 0. The van der Waals surface area contributed by atoms with Crippen molar-refractivity contribution in [2.75, 3.05) is 0 Å². The Kier molecular flexibility index (Phi) is 3.92. The van der Waals surface area contributed by atoms with Crippen molar-refractivity contribution in [2.45, 2.75) is 0 Å². The second-order valence-corrected chi connectivity index (χ2v) is 5.20. The summed E-state index contributed by atoms with van der Waals surface area (Å²) in [5, 5.41) is 29.1. The van der Waals surface area contributed by atoms with Gasteiger partial charge in [0.15, 0.2) is 11.6 Å². The zero-order chi connectivity index (χ0) is 17.3. The zero-order valence-corrected chi connectivity index (χ0v) is 12.6. The number of aromatic amines is 1. The first-order valence-corrected chi connectivity index (χ1v) is 6.94. The third-order valence-corrected chi connectivity index (χ3v) is 3.44. The minimum absolute atomic E-state index is 0.117. The highest BCUT2D eigenvalue weighted by molar-refractivity contribution is 6.30. The number of hydrogen-bond donors (Lipinski definition) is 1. The number of benzene rings is 2. The molecule has 1 heterocycles. The van der Waals surface area contributed by atoms with E-state index in [-0.39, 0.29) is 11.4 Å². The van der Waals surface area contributed by atoms with E-state index >= 15 is 0 Å². The van der Waals surface area contributed by atoms with Crippen molar-refractivity contribution < 1.29 is 9.85 Å². The van der Waals surface area contributed by atoms with Gasteiger partial charge in [0.2, 0.25) is 0 Å². The van der Waals surface area contributed by atoms with Gasteiger partial charge in [0.1, 0.15) is 0 Å². The molecule has 3 aromatic rings. The molecule has 0 radical (unpaired) electrons. The number of nitrogens with zero attached hydrogens (tertiary/aromatic N) is 4. The van der Waals surface area contributed by atoms with E-state index in [4.69, 9.17) is 11.6 Å². The van der Waals surface area contributed by atoms with Crippen LogP contribution >= 0.6 is 11.6 Å². The van der Waals surface area contributed by atoms with Crippen LogP contribution in [0.15, 0.2) is 42.5 Å². The largest absolute Gasteiger partial charge is 0.277 e. The third kappa shape index (κ3) is 3.06. The number of non-ortho nitro benzene ring substituents is 2. The Hall–Kier alpha value is -3.33. The molecule has 0 aliphatic carbocycles. The molecule has 120 valence electrons. The van der Waals surface area contributed by atoms with Gasteiger partial charge in [-0.1, -0.05) is 11.6 Å². The molecule has 2 aromatic carbocycles. The Morgan fingerprint density at radius 3 is 2.04 bits per heavy atom. The number of H-pyrrole nitrogens is 1. The number of halogens is 1. The van der Waals surface area contributed by atoms with Gasteiger partial charge in [0.05, 0.1) is 15.9 Å². The van der Waals surface area contributed by atoms with Crippen molar-refractivity contribution in [2.24, 2.45) is 0 Å². The van der Waals surface area contributed by atoms with Gasteiger partial charge in [0.25, 0.3) is 11.4 Å². The summed E-state index contributed by atoms with van der Waals surface area (Å²) in [6, 6.07) is 10.1. The fourth-order valence-corrected chi connectivity index (χ4v) is 2.19. The molecular weight excluding hydrogens is 338 g/mol. The summed E-state index contributed by atoms with van der Waals surface area (Å²) >= 11 is 5.82. The Morgan fingerprint density at radius 1 is 0.917 bits per heavy atom. The van der Waals surface area contributed by atoms with Crippen LogP contribution < -0.4 is 0 Å². The standard InChI is InChI=1S/C14H8ClN5O4/c15-10-3-1-8(2-4-10)13-16-14(18-17-13)9-5-11(19(21)22)7-12(6-9)20(23)24/h1-7H,(H,16,17,18). The van der Waals surface area contributed by atoms with Crippen molar-refractivity contribution in [3.63, 3.8) is 0 Å². The maximum absolute atomic E-state index is 10.9. The number of nitro groups is 2. The van der Waals surface area contributed by atoms with E-state index in [1.165, 1.54) is 12.1 Å². The molecule has 24 heavy (non-hydrogen) atoms. The molecule has 0 unspecified atom stereocenters. The van der Waals surface area contributed by atoms with E-state index in [1.54, 1.807) is 24.3 Å². The number of aromatic nitrogens is 3. The summed E-state index contributed by atoms with van der Waals surface area (Å²) in [6.07, 6.45) is 0. The Morgan fingerprint density at radius 2 is 1.50 bits per heavy atom. The van der Waals surface area contributed by atoms with Gasteiger partial charge in [0, 0.05) is 28.3 Å². The summed E-state index contributed by atoms with van der Waals surface area (Å²) in [4.78, 5) is 24.7. The molecule has 0 saturated heterocycles. The minimum Gasteiger partial charge on any atom is -0.259 e. The lowest BCUT2D eigenvalue weighted by molar-refractivity contribution is -0.394. The van der Waals surface area contributed by atoms with Crippen LogP contribution in [0.3, 0.4) is 0 Å². The average Bonchev–Trinajstić information content (AvgIpc) is 3.05. The lowest BCUT2D eigenvalue weighted by Crippen LogP contribution is -1.94. The highest BCUT2D eigenvalue weighted by Crippen LogP contribution is 2.29. The van der Waals surface area contributed by atoms with Gasteiger partial charge in [-0.25, -0.2) is 4.98 Å². The van der Waals surface area contributed by atoms with Gasteiger partial charge in [-0.05, 0) is 24.3 Å². The molecule has 0 spiro atoms. The molecule has 1 aromatic heterocycles. The summed E-state index contributed by atoms with van der Waals surface area (Å²) in [5.74, 6) is 0.530. The second kappa shape index (κ2) is 6.05. The molecular formula is C14H8ClN5O4. The predicted molar refractivity (Wildman–Crippen MR) is 85.6 cm³/mol. The van der Waals surface area contributed by atoms with Gasteiger partial charge >= 0.3 is 0 Å². The van der Waals surface area contributed by atoms with Crippen molar-refractivity contribution in [3.05, 3.63) is 67.7 Å². The van der Waals surface area contributed by atoms with Crippen LogP contribution in [0.5, 0.6) is 0 Å². The highest BCUT2D eigenvalue weighted by Gasteiger charge is 2.19. The molecule has 1 N–H and O–H groups in total. The van der Waals surface area contributed by atoms with Crippen LogP contribution in [-0.2, 0) is 0 Å². The zero-order valence-electron chi connectivity index (χ0n) is 11.8. The predicted octanol–water partition coefficient (Wildman–Crippen LogP) is 3.61. The normalized spacial score (nSPS) is 10.5. The molecule has 0 aliphatic rings. The van der Waals surface area contributed by atoms with E-state index in [2.05, 4.69) is 15.2 Å². The topological polar surface area (TPSA) is 128 Å². The molecule has 0 atom stereocenters. The SMILES string of the molecule is O=[N+]([O-])c1cc(-c2n[nH]c(-c3ccc(Cl)cc3)n2)cc([N+](=O)[O-])c1. The van der Waals surface area contributed by atoms with Gasteiger partial charge in [-0.2, -0.15) is 5.10 Å². The summed E-state index contributed by atoms with van der Waals surface area (Å²) in [5.41, 5.74) is 0.0690. The van der Waals surface area contributed by atoms with E-state index in [1.807, 2.05) is 0 Å². The molecule has 0 aliphatic heterocycles. The van der Waals surface area contributed by atoms with Crippen LogP contribution in [0.25, 0.3) is 22.8 Å². The number of nitro benzene ring substituents is 2. The first kappa shape index (κ1) is 15.6. The highest BCUT2D eigenvalue weighted by atomic mass is 35.5. The van der Waals surface area contributed by atoms with Gasteiger partial charge in [-0.3, -0.25) is 25.3 Å². The Balaban J connectivity index is 2.04. The van der Waals surface area contributed by atoms with Crippen molar-refractivity contribution in [1.82, 2.24) is 15.2 Å². The monoisotopic (exact) mass is 345 g/mol. The number of hydrogen-bond acceptors (Lipinski definition) is 6. The average molecular weight is 346 g/mol. The Bertz CT molecular complexity index is 906. The van der Waals surface area contributed by atoms with Gasteiger partial charge in [-0.15, -0.1) is 0 Å². The second-order valence-electron chi connectivity index (χ2n) is 4.77. The molecule has 0 fully saturated rings. The lowest BCUT2D eigenvalue weighted by Gasteiger charge is -1.98. The molecule has 10 heteroatoms. The van der Waals surface area contributed by atoms with Crippen LogP contribution in [0.4, 0.5) is 11.4 Å². The van der Waals surface area contributed by atoms with Crippen LogP contribution in [-0.4, -0.2) is 25.0 Å². The van der Waals surface area contributed by atoms with Crippen molar-refractivity contribution in [3.8, 4) is 22.8 Å². The van der Waals surface area contributed by atoms with Crippen LogP contribution in [0.2, 0.25) is 5.02 Å². The minimum atomic E-state index is -0.705. The van der Waals surface area contributed by atoms with Gasteiger partial charge < -0.3 is 0 Å². The van der Waals surface area contributed by atoms with Crippen LogP contribution in [0.1, 0.15) is 0 Å². The molecule has 3 rings (SSSR count). The first-order chi connectivity index (χ1) is 11.4. The lowest BCUT2D eigenvalue weighted by atomic mass is 10.1. The fraction of sp³-hybridized carbons (Fsp3) is 0. The third-order valence-electron chi connectivity index (χ3n) is 3.19. The van der Waals surface area contributed by atoms with Crippen molar-refractivity contribution >= 4 is 23.0 Å². The summed E-state index contributed by atoms with van der Waals surface area (Å²) in [6.45, 7) is 0. The van der Waals surface area contributed by atoms with Crippen molar-refractivity contribution in [1.29, 1.82) is 0 Å². The summed E-state index contributed by atoms with van der Waals surface area (Å²) in [7, 11) is 0. The quantitative estimate of drug-likeness (QED) is 0.568. The van der Waals surface area contributed by atoms with E-state index in [9.17, 15) is 20.2 Å². The number of nitrogens with one attached hydrogen (secondary N) is 1. The maximum atomic E-state index is 10.9. The smallest absolute Gasteiger partial charge is 0.259 e. The Labute approximate surface area is 139 Å². The molecule has 9 nitrogen and oxygen atoms in total. The van der Waals surface area contributed by atoms with Crippen LogP contribution in [0, 0.1) is 20.2 Å². The van der Waals surface area contributed by atoms with E-state index < -0.39 is 21.2 Å². The molecule has 0 bridgehead atoms. The maximum Gasteiger partial charge on any atom is 0.277 e. The number of rotatable bonds is 4.